The number of aromatic amines is 1. The van der Waals surface area contributed by atoms with Crippen LogP contribution in [0.25, 0.3) is 10.9 Å². The summed E-state index contributed by atoms with van der Waals surface area (Å²) in [6.45, 7) is 2.06. The van der Waals surface area contributed by atoms with Crippen molar-refractivity contribution in [3.05, 3.63) is 64.3 Å². The molecule has 4 aliphatic rings. The number of H-pyrrole nitrogens is 1. The highest BCUT2D eigenvalue weighted by Gasteiger charge is 2.70. The summed E-state index contributed by atoms with van der Waals surface area (Å²) in [7, 11) is 2.33. The number of likely N-dealkylation sites (N-methyl/N-ethyl adjacent to an activating group) is 1. The molecular weight excluding hydrogens is 426 g/mol. The van der Waals surface area contributed by atoms with Crippen molar-refractivity contribution in [1.29, 1.82) is 0 Å². The number of fused-ring (bicyclic) bond motifs is 4. The van der Waals surface area contributed by atoms with Crippen molar-refractivity contribution in [3.63, 3.8) is 0 Å². The van der Waals surface area contributed by atoms with Crippen LogP contribution >= 0.6 is 0 Å². The number of benzene rings is 2. The van der Waals surface area contributed by atoms with Gasteiger partial charge in [-0.1, -0.05) is 24.3 Å². The van der Waals surface area contributed by atoms with Gasteiger partial charge in [-0.2, -0.15) is 0 Å². The Morgan fingerprint density at radius 3 is 2.76 bits per heavy atom. The molecule has 6 nitrogen and oxygen atoms in total. The fraction of sp³-hybridized carbons (Fsp3) is 0.464. The van der Waals surface area contributed by atoms with Gasteiger partial charge in [0.25, 0.3) is 5.91 Å². The summed E-state index contributed by atoms with van der Waals surface area (Å²) < 4.78 is 0.873. The maximum absolute atomic E-state index is 12.9. The number of carbonyl (C=O) groups is 1. The molecule has 2 unspecified atom stereocenters. The topological polar surface area (TPSA) is 99.3 Å². The molecule has 3 aromatic rings. The van der Waals surface area contributed by atoms with Crippen molar-refractivity contribution in [2.24, 2.45) is 11.7 Å². The maximum Gasteiger partial charge on any atom is 0.252 e. The number of piperidine rings is 1. The van der Waals surface area contributed by atoms with Crippen LogP contribution in [-0.2, 0) is 24.7 Å². The number of aromatic nitrogens is 1. The summed E-state index contributed by atoms with van der Waals surface area (Å²) in [5, 5.41) is 25.5. The number of carbonyl (C=O) groups excluding carboxylic acids is 1. The Balaban J connectivity index is 1.50. The lowest BCUT2D eigenvalue weighted by molar-refractivity contribution is -0.950. The minimum Gasteiger partial charge on any atom is -0.507 e. The number of hydrogen-bond acceptors (Lipinski definition) is 3. The maximum atomic E-state index is 12.9. The van der Waals surface area contributed by atoms with E-state index < -0.39 is 16.9 Å². The number of aliphatic hydroxyl groups is 1. The first-order valence-electron chi connectivity index (χ1n) is 12.6. The van der Waals surface area contributed by atoms with Crippen LogP contribution in [0.4, 0.5) is 0 Å². The number of rotatable bonds is 3. The molecular formula is C28H32N3O3+. The molecule has 34 heavy (non-hydrogen) atoms. The van der Waals surface area contributed by atoms with Crippen LogP contribution in [0.3, 0.4) is 0 Å². The predicted molar refractivity (Wildman–Crippen MR) is 130 cm³/mol. The smallest absolute Gasteiger partial charge is 0.252 e. The SMILES string of the molecule is C[N@@+]1(CC2CC2)CCC23Cc4[nH]c5ccccc5c4C[C@@]2(O)C1Cc1ccc(C(N)=O)c(O)c13. The third kappa shape index (κ3) is 2.45. The van der Waals surface area contributed by atoms with Crippen LogP contribution in [0.5, 0.6) is 5.75 Å². The molecule has 7 rings (SSSR count). The zero-order valence-electron chi connectivity index (χ0n) is 19.6. The average molecular weight is 459 g/mol. The van der Waals surface area contributed by atoms with E-state index in [0.29, 0.717) is 19.3 Å². The van der Waals surface area contributed by atoms with E-state index >= 15 is 0 Å². The molecule has 0 spiro atoms. The lowest BCUT2D eigenvalue weighted by Gasteiger charge is -2.65. The Morgan fingerprint density at radius 2 is 2.00 bits per heavy atom. The van der Waals surface area contributed by atoms with E-state index in [4.69, 9.17) is 5.73 Å². The van der Waals surface area contributed by atoms with Crippen LogP contribution in [0, 0.1) is 5.92 Å². The second-order valence-corrected chi connectivity index (χ2v) is 11.6. The van der Waals surface area contributed by atoms with Crippen LogP contribution in [0.1, 0.15) is 52.0 Å². The minimum atomic E-state index is -1.02. The minimum absolute atomic E-state index is 0.0280. The van der Waals surface area contributed by atoms with Gasteiger partial charge < -0.3 is 25.4 Å². The molecule has 1 aliphatic heterocycles. The van der Waals surface area contributed by atoms with E-state index in [9.17, 15) is 15.0 Å². The van der Waals surface area contributed by atoms with Crippen molar-refractivity contribution in [1.82, 2.24) is 4.98 Å². The molecule has 1 saturated heterocycles. The van der Waals surface area contributed by atoms with Crippen molar-refractivity contribution in [2.75, 3.05) is 20.1 Å². The van der Waals surface area contributed by atoms with Crippen molar-refractivity contribution >= 4 is 16.8 Å². The molecule has 0 radical (unpaired) electrons. The van der Waals surface area contributed by atoms with Crippen molar-refractivity contribution in [3.8, 4) is 5.75 Å². The summed E-state index contributed by atoms with van der Waals surface area (Å²) in [6, 6.07) is 12.0. The van der Waals surface area contributed by atoms with Crippen LogP contribution < -0.4 is 5.73 Å². The van der Waals surface area contributed by atoms with Gasteiger partial charge in [0.15, 0.2) is 0 Å². The molecule has 2 bridgehead atoms. The van der Waals surface area contributed by atoms with Crippen LogP contribution in [-0.4, -0.2) is 57.4 Å². The molecule has 1 saturated carbocycles. The van der Waals surface area contributed by atoms with Gasteiger partial charge in [0, 0.05) is 59.2 Å². The van der Waals surface area contributed by atoms with E-state index in [2.05, 4.69) is 30.2 Å². The van der Waals surface area contributed by atoms with Gasteiger partial charge in [-0.05, 0) is 36.1 Å². The normalized spacial score (nSPS) is 33.8. The largest absolute Gasteiger partial charge is 0.507 e. The van der Waals surface area contributed by atoms with E-state index in [1.54, 1.807) is 6.07 Å². The number of primary amides is 1. The summed E-state index contributed by atoms with van der Waals surface area (Å²) in [5.74, 6) is 0.0924. The molecule has 1 amide bonds. The molecule has 6 heteroatoms. The summed E-state index contributed by atoms with van der Waals surface area (Å²) in [4.78, 5) is 15.8. The third-order valence-corrected chi connectivity index (χ3v) is 9.80. The number of nitrogens with two attached hydrogens (primary N) is 1. The summed E-state index contributed by atoms with van der Waals surface area (Å²) in [6.07, 6.45) is 5.21. The van der Waals surface area contributed by atoms with E-state index in [0.717, 1.165) is 52.2 Å². The van der Waals surface area contributed by atoms with Crippen LogP contribution in [0.15, 0.2) is 36.4 Å². The highest BCUT2D eigenvalue weighted by Crippen LogP contribution is 2.61. The molecule has 1 aromatic heterocycles. The van der Waals surface area contributed by atoms with Gasteiger partial charge in [0.1, 0.15) is 17.4 Å². The first-order chi connectivity index (χ1) is 16.3. The van der Waals surface area contributed by atoms with Crippen LogP contribution in [0.2, 0.25) is 0 Å². The highest BCUT2D eigenvalue weighted by molar-refractivity contribution is 5.96. The summed E-state index contributed by atoms with van der Waals surface area (Å²) >= 11 is 0. The number of nitrogens with zero attached hydrogens (tertiary/aromatic N) is 1. The van der Waals surface area contributed by atoms with E-state index in [-0.39, 0.29) is 17.4 Å². The number of hydrogen-bond donors (Lipinski definition) is 4. The lowest BCUT2D eigenvalue weighted by Crippen LogP contribution is -2.79. The predicted octanol–water partition coefficient (Wildman–Crippen LogP) is 2.93. The number of nitrogens with one attached hydrogen (secondary N) is 1. The molecule has 2 fully saturated rings. The molecule has 176 valence electrons. The standard InChI is InChI=1S/C28H31N3O3/c1-31(15-16-6-7-16)11-10-27-14-22-20(18-4-2-3-5-21(18)30-22)13-28(27,34)23(31)12-17-8-9-19(26(29)33)25(32)24(17)27/h2-5,8-9,16,23,30,34H,6-7,10-15H2,1H3,(H2-,29,32,33)/p+1/t23?,27?,28-,31+/m1/s1. The highest BCUT2D eigenvalue weighted by atomic mass is 16.3. The number of aromatic hydroxyl groups is 1. The Kier molecular flexibility index (Phi) is 3.89. The quantitative estimate of drug-likeness (QED) is 0.454. The van der Waals surface area contributed by atoms with Gasteiger partial charge in [-0.15, -0.1) is 0 Å². The second-order valence-electron chi connectivity index (χ2n) is 11.6. The molecule has 2 aromatic carbocycles. The Hall–Kier alpha value is -2.83. The monoisotopic (exact) mass is 458 g/mol. The van der Waals surface area contributed by atoms with E-state index in [1.165, 1.54) is 23.8 Å². The van der Waals surface area contributed by atoms with Gasteiger partial charge in [0.05, 0.1) is 25.7 Å². The fourth-order valence-electron chi connectivity index (χ4n) is 8.03. The van der Waals surface area contributed by atoms with Gasteiger partial charge in [-0.25, -0.2) is 0 Å². The number of quaternary nitrogens is 1. The fourth-order valence-corrected chi connectivity index (χ4v) is 8.03. The number of phenols is 1. The number of para-hydroxylation sites is 1. The Bertz CT molecular complexity index is 1370. The van der Waals surface area contributed by atoms with Crippen molar-refractivity contribution in [2.45, 2.75) is 55.6 Å². The Morgan fingerprint density at radius 1 is 1.21 bits per heavy atom. The number of likely N-dealkylation sites (tertiary alicyclic amines) is 1. The first kappa shape index (κ1) is 20.5. The van der Waals surface area contributed by atoms with Gasteiger partial charge >= 0.3 is 0 Å². The zero-order valence-corrected chi connectivity index (χ0v) is 19.6. The Labute approximate surface area is 199 Å². The van der Waals surface area contributed by atoms with Gasteiger partial charge in [-0.3, -0.25) is 4.79 Å². The van der Waals surface area contributed by atoms with E-state index in [1.807, 2.05) is 12.1 Å². The number of amides is 1. The van der Waals surface area contributed by atoms with Crippen molar-refractivity contribution < 1.29 is 19.5 Å². The lowest BCUT2D eigenvalue weighted by atomic mass is 9.48. The summed E-state index contributed by atoms with van der Waals surface area (Å²) in [5.41, 5.74) is 9.35. The second kappa shape index (κ2) is 6.43. The molecule has 4 atom stereocenters. The third-order valence-electron chi connectivity index (χ3n) is 9.80. The van der Waals surface area contributed by atoms with Gasteiger partial charge in [0.2, 0.25) is 0 Å². The molecule has 5 N–H and O–H groups in total. The average Bonchev–Trinajstić information content (AvgIpc) is 3.53. The molecule has 2 heterocycles. The first-order valence-corrected chi connectivity index (χ1v) is 12.6. The zero-order chi connectivity index (χ0) is 23.5. The molecule has 3 aliphatic carbocycles.